The lowest BCUT2D eigenvalue weighted by molar-refractivity contribution is -0.134. The number of anilines is 1. The first-order valence-electron chi connectivity index (χ1n) is 10.8. The van der Waals surface area contributed by atoms with Crippen molar-refractivity contribution < 1.29 is 18.7 Å². The normalized spacial score (nSPS) is 18.7. The highest BCUT2D eigenvalue weighted by Crippen LogP contribution is 2.33. The molecular formula is C24H28FN3O3. The highest BCUT2D eigenvalue weighted by molar-refractivity contribution is 5.85. The first-order chi connectivity index (χ1) is 15.0. The van der Waals surface area contributed by atoms with E-state index in [0.29, 0.717) is 12.3 Å². The lowest BCUT2D eigenvalue weighted by Crippen LogP contribution is -2.52. The van der Waals surface area contributed by atoms with E-state index >= 15 is 0 Å². The number of primary amides is 1. The molecule has 2 aliphatic rings. The van der Waals surface area contributed by atoms with Gasteiger partial charge in [0.15, 0.2) is 6.10 Å². The summed E-state index contributed by atoms with van der Waals surface area (Å²) in [6.07, 6.45) is 4.52. The largest absolute Gasteiger partial charge is 0.477 e. The molecule has 6 nitrogen and oxygen atoms in total. The summed E-state index contributed by atoms with van der Waals surface area (Å²) in [4.78, 5) is 29.1. The average molecular weight is 426 g/mol. The molecule has 2 N–H and O–H groups in total. The van der Waals surface area contributed by atoms with Crippen LogP contribution in [0.1, 0.15) is 37.7 Å². The maximum Gasteiger partial charge on any atom is 0.260 e. The summed E-state index contributed by atoms with van der Waals surface area (Å²) in [5.74, 6) is -0.312. The maximum absolute atomic E-state index is 13.5. The highest BCUT2D eigenvalue weighted by atomic mass is 19.1. The van der Waals surface area contributed by atoms with E-state index in [-0.39, 0.29) is 30.9 Å². The van der Waals surface area contributed by atoms with Crippen molar-refractivity contribution >= 4 is 17.5 Å². The van der Waals surface area contributed by atoms with E-state index in [4.69, 9.17) is 10.5 Å². The van der Waals surface area contributed by atoms with E-state index in [1.807, 2.05) is 28.0 Å². The number of para-hydroxylation sites is 2. The molecule has 0 bridgehead atoms. The van der Waals surface area contributed by atoms with Gasteiger partial charge in [-0.15, -0.1) is 0 Å². The van der Waals surface area contributed by atoms with Crippen LogP contribution in [0.5, 0.6) is 5.75 Å². The smallest absolute Gasteiger partial charge is 0.260 e. The molecule has 2 aromatic rings. The van der Waals surface area contributed by atoms with Crippen LogP contribution >= 0.6 is 0 Å². The van der Waals surface area contributed by atoms with Crippen LogP contribution in [-0.2, 0) is 16.1 Å². The van der Waals surface area contributed by atoms with Crippen LogP contribution in [0.3, 0.4) is 0 Å². The lowest BCUT2D eigenvalue weighted by atomic mass is 9.93. The molecule has 2 amide bonds. The summed E-state index contributed by atoms with van der Waals surface area (Å²) in [6, 6.07) is 13.8. The van der Waals surface area contributed by atoms with E-state index in [1.165, 1.54) is 18.6 Å². The molecule has 0 saturated heterocycles. The van der Waals surface area contributed by atoms with Gasteiger partial charge in [0, 0.05) is 12.6 Å². The van der Waals surface area contributed by atoms with Gasteiger partial charge in [-0.05, 0) is 42.7 Å². The van der Waals surface area contributed by atoms with Crippen molar-refractivity contribution in [3.05, 3.63) is 59.9 Å². The van der Waals surface area contributed by atoms with E-state index < -0.39 is 12.0 Å². The van der Waals surface area contributed by atoms with E-state index in [1.54, 1.807) is 18.2 Å². The average Bonchev–Trinajstić information content (AvgIpc) is 2.79. The molecule has 164 valence electrons. The van der Waals surface area contributed by atoms with Gasteiger partial charge in [0.25, 0.3) is 5.91 Å². The summed E-state index contributed by atoms with van der Waals surface area (Å²) in [5, 5.41) is 0. The van der Waals surface area contributed by atoms with Crippen molar-refractivity contribution in [2.24, 2.45) is 5.73 Å². The quantitative estimate of drug-likeness (QED) is 0.771. The van der Waals surface area contributed by atoms with Gasteiger partial charge < -0.3 is 20.3 Å². The fourth-order valence-electron chi connectivity index (χ4n) is 4.46. The van der Waals surface area contributed by atoms with Crippen molar-refractivity contribution in [3.8, 4) is 5.75 Å². The van der Waals surface area contributed by atoms with Gasteiger partial charge in [-0.1, -0.05) is 43.5 Å². The molecule has 1 heterocycles. The van der Waals surface area contributed by atoms with Crippen molar-refractivity contribution in [1.29, 1.82) is 0 Å². The maximum atomic E-state index is 13.5. The monoisotopic (exact) mass is 425 g/mol. The Morgan fingerprint density at radius 1 is 1.06 bits per heavy atom. The molecule has 0 unspecified atom stereocenters. The number of rotatable bonds is 6. The third-order valence-electron chi connectivity index (χ3n) is 6.11. The molecule has 7 heteroatoms. The van der Waals surface area contributed by atoms with Gasteiger partial charge in [-0.25, -0.2) is 4.39 Å². The molecule has 31 heavy (non-hydrogen) atoms. The Morgan fingerprint density at radius 3 is 2.48 bits per heavy atom. The first-order valence-corrected chi connectivity index (χ1v) is 10.8. The second-order valence-corrected chi connectivity index (χ2v) is 8.30. The molecule has 1 aliphatic carbocycles. The number of nitrogens with zero attached hydrogens (tertiary/aromatic N) is 2. The number of nitrogens with two attached hydrogens (primary N) is 1. The topological polar surface area (TPSA) is 75.9 Å². The predicted octanol–water partition coefficient (Wildman–Crippen LogP) is 3.24. The van der Waals surface area contributed by atoms with Crippen LogP contribution < -0.4 is 15.4 Å². The molecular weight excluding hydrogens is 397 g/mol. The number of hydrogen-bond donors (Lipinski definition) is 1. The first kappa shape index (κ1) is 21.2. The third kappa shape index (κ3) is 4.98. The van der Waals surface area contributed by atoms with Gasteiger partial charge >= 0.3 is 0 Å². The van der Waals surface area contributed by atoms with E-state index in [0.717, 1.165) is 36.9 Å². The van der Waals surface area contributed by atoms with Crippen molar-refractivity contribution in [2.75, 3.05) is 18.0 Å². The number of ether oxygens (including phenoxy) is 1. The molecule has 1 aliphatic heterocycles. The van der Waals surface area contributed by atoms with Crippen molar-refractivity contribution in [2.45, 2.75) is 50.8 Å². The SMILES string of the molecule is NC(=O)[C@H]1CN(CC(=O)N(Cc2ccc(F)cc2)C2CCCCC2)c2ccccc2O1. The zero-order valence-electron chi connectivity index (χ0n) is 17.5. The Labute approximate surface area is 181 Å². The van der Waals surface area contributed by atoms with Crippen LogP contribution in [0, 0.1) is 5.82 Å². The minimum Gasteiger partial charge on any atom is -0.477 e. The van der Waals surface area contributed by atoms with E-state index in [9.17, 15) is 14.0 Å². The van der Waals surface area contributed by atoms with Gasteiger partial charge in [-0.2, -0.15) is 0 Å². The molecule has 1 saturated carbocycles. The Morgan fingerprint density at radius 2 is 1.77 bits per heavy atom. The zero-order valence-corrected chi connectivity index (χ0v) is 17.5. The standard InChI is InChI=1S/C24H28FN3O3/c25-18-12-10-17(11-13-18)14-28(19-6-2-1-3-7-19)23(29)16-27-15-22(24(26)30)31-21-9-5-4-8-20(21)27/h4-5,8-13,19,22H,1-3,6-7,14-16H2,(H2,26,30)/t22-/m1/s1. The van der Waals surface area contributed by atoms with Gasteiger partial charge in [0.1, 0.15) is 11.6 Å². The summed E-state index contributed by atoms with van der Waals surface area (Å²) < 4.78 is 19.1. The predicted molar refractivity (Wildman–Crippen MR) is 116 cm³/mol. The fourth-order valence-corrected chi connectivity index (χ4v) is 4.46. The van der Waals surface area contributed by atoms with Crippen LogP contribution in [0.4, 0.5) is 10.1 Å². The fraction of sp³-hybridized carbons (Fsp3) is 0.417. The number of fused-ring (bicyclic) bond motifs is 1. The lowest BCUT2D eigenvalue weighted by Gasteiger charge is -2.38. The Balaban J connectivity index is 1.56. The number of hydrogen-bond acceptors (Lipinski definition) is 4. The number of benzene rings is 2. The van der Waals surface area contributed by atoms with Crippen molar-refractivity contribution in [3.63, 3.8) is 0 Å². The summed E-state index contributed by atoms with van der Waals surface area (Å²) in [6.45, 7) is 0.796. The van der Waals surface area contributed by atoms with Gasteiger partial charge in [0.2, 0.25) is 5.91 Å². The molecule has 2 aromatic carbocycles. The Bertz CT molecular complexity index is 928. The Hall–Kier alpha value is -3.09. The molecule has 1 atom stereocenters. The Kier molecular flexibility index (Phi) is 6.39. The van der Waals surface area contributed by atoms with Crippen molar-refractivity contribution in [1.82, 2.24) is 4.90 Å². The minimum atomic E-state index is -0.803. The highest BCUT2D eigenvalue weighted by Gasteiger charge is 2.33. The van der Waals surface area contributed by atoms with Crippen LogP contribution in [0.25, 0.3) is 0 Å². The van der Waals surface area contributed by atoms with E-state index in [2.05, 4.69) is 0 Å². The van der Waals surface area contributed by atoms with Crippen LogP contribution in [0.2, 0.25) is 0 Å². The summed E-state index contributed by atoms with van der Waals surface area (Å²) in [5.41, 5.74) is 7.17. The van der Waals surface area contributed by atoms with Crippen LogP contribution in [0.15, 0.2) is 48.5 Å². The number of carbonyl (C=O) groups is 2. The summed E-state index contributed by atoms with van der Waals surface area (Å²) >= 11 is 0. The molecule has 1 fully saturated rings. The van der Waals surface area contributed by atoms with Gasteiger partial charge in [0.05, 0.1) is 18.8 Å². The number of carbonyl (C=O) groups excluding carboxylic acids is 2. The second-order valence-electron chi connectivity index (χ2n) is 8.30. The second kappa shape index (κ2) is 9.37. The number of amides is 2. The van der Waals surface area contributed by atoms with Crippen LogP contribution in [-0.4, -0.2) is 41.9 Å². The molecule has 4 rings (SSSR count). The molecule has 0 spiro atoms. The molecule has 0 radical (unpaired) electrons. The third-order valence-corrected chi connectivity index (χ3v) is 6.11. The molecule has 0 aromatic heterocycles. The van der Waals surface area contributed by atoms with Gasteiger partial charge in [-0.3, -0.25) is 9.59 Å². The number of halogens is 1. The summed E-state index contributed by atoms with van der Waals surface area (Å²) in [7, 11) is 0. The zero-order chi connectivity index (χ0) is 21.8. The minimum absolute atomic E-state index is 0.0175.